The Bertz CT molecular complexity index is 4850. The van der Waals surface area contributed by atoms with Gasteiger partial charge in [0.05, 0.1) is 42.3 Å². The van der Waals surface area contributed by atoms with Crippen LogP contribution in [0.2, 0.25) is 0 Å². The van der Waals surface area contributed by atoms with Crippen LogP contribution in [0.15, 0.2) is 250 Å². The van der Waals surface area contributed by atoms with Gasteiger partial charge in [-0.15, -0.1) is 45.3 Å². The molecular formula is C70H38N2S6. The minimum absolute atomic E-state index is 0.683. The summed E-state index contributed by atoms with van der Waals surface area (Å²) in [6.07, 6.45) is 0. The molecule has 78 heavy (non-hydrogen) atoms. The molecule has 2 spiro atoms. The van der Waals surface area contributed by atoms with Gasteiger partial charge in [0.2, 0.25) is 0 Å². The Morgan fingerprint density at radius 1 is 0.269 bits per heavy atom. The average molecular weight is 1100 g/mol. The molecule has 8 heteroatoms. The highest BCUT2D eigenvalue weighted by Gasteiger charge is 2.60. The van der Waals surface area contributed by atoms with E-state index in [9.17, 15) is 0 Å². The van der Waals surface area contributed by atoms with Gasteiger partial charge in [0.1, 0.15) is 10.0 Å². The van der Waals surface area contributed by atoms with Crippen molar-refractivity contribution in [1.29, 1.82) is 0 Å². The third-order valence-corrected chi connectivity index (χ3v) is 24.5. The summed E-state index contributed by atoms with van der Waals surface area (Å²) in [7, 11) is 0. The van der Waals surface area contributed by atoms with Crippen LogP contribution in [0.3, 0.4) is 0 Å². The van der Waals surface area contributed by atoms with Crippen molar-refractivity contribution in [1.82, 2.24) is 9.13 Å². The summed E-state index contributed by atoms with van der Waals surface area (Å²) in [5.74, 6) is 0. The number of para-hydroxylation sites is 2. The van der Waals surface area contributed by atoms with Gasteiger partial charge in [0.25, 0.3) is 0 Å². The highest BCUT2D eigenvalue weighted by Crippen LogP contribution is 2.70. The second-order valence-electron chi connectivity index (χ2n) is 20.9. The van der Waals surface area contributed by atoms with Crippen molar-refractivity contribution in [2.24, 2.45) is 0 Å². The van der Waals surface area contributed by atoms with Gasteiger partial charge < -0.3 is 0 Å². The lowest BCUT2D eigenvalue weighted by molar-refractivity contribution is 0.609. The second kappa shape index (κ2) is 15.5. The van der Waals surface area contributed by atoms with E-state index in [1.807, 2.05) is 68.9 Å². The Morgan fingerprint density at radius 2 is 0.603 bits per heavy atom. The van der Waals surface area contributed by atoms with Crippen LogP contribution in [0.4, 0.5) is 0 Å². The van der Waals surface area contributed by atoms with Crippen LogP contribution in [0.1, 0.15) is 43.1 Å². The van der Waals surface area contributed by atoms with Crippen LogP contribution >= 0.6 is 68.9 Å². The number of fused-ring (bicyclic) bond motifs is 28. The van der Waals surface area contributed by atoms with Crippen LogP contribution in [-0.2, 0) is 10.8 Å². The van der Waals surface area contributed by atoms with Crippen LogP contribution in [0.25, 0.3) is 94.0 Å². The second-order valence-corrected chi connectivity index (χ2v) is 27.3. The number of nitrogens with zero attached hydrogens (tertiary/aromatic N) is 2. The largest absolute Gasteiger partial charge is 0.299 e. The van der Waals surface area contributed by atoms with Gasteiger partial charge in [-0.25, -0.2) is 0 Å². The molecule has 0 bridgehead atoms. The lowest BCUT2D eigenvalue weighted by atomic mass is 9.55. The molecular weight excluding hydrogens is 1060 g/mol. The molecule has 19 rings (SSSR count). The standard InChI is InChI=1S/C70H38N2S6/c1-9-25-53-39(17-1)43-33-35-45-41-19-3-11-27-55(41)75-65(45)63(43)71(53)61-37-51-67(77-61)70(49-23-7-15-31-59(49)74-60-32-16-8-24-50(60)70)52-38-62(78-68(52)69(51)47-21-5-13-29-57(47)73-58-30-14-6-22-48(58)69)72-54-26-10-2-18-40(54)44-34-36-46-42-20-4-12-28-56(42)76-66(46)64(44)72/h1-38H. The molecule has 10 aromatic carbocycles. The minimum atomic E-state index is -0.683. The summed E-state index contributed by atoms with van der Waals surface area (Å²) in [5.41, 5.74) is 11.8. The molecule has 364 valence electrons. The van der Waals surface area contributed by atoms with Gasteiger partial charge in [0.15, 0.2) is 0 Å². The third-order valence-electron chi connectivity index (χ3n) is 17.3. The fourth-order valence-corrected chi connectivity index (χ4v) is 22.1. The van der Waals surface area contributed by atoms with Crippen LogP contribution < -0.4 is 0 Å². The first-order valence-corrected chi connectivity index (χ1v) is 31.3. The Morgan fingerprint density at radius 3 is 1.01 bits per heavy atom. The van der Waals surface area contributed by atoms with E-state index < -0.39 is 10.8 Å². The molecule has 0 atom stereocenters. The van der Waals surface area contributed by atoms with Crippen molar-refractivity contribution in [2.45, 2.75) is 30.4 Å². The summed E-state index contributed by atoms with van der Waals surface area (Å²) < 4.78 is 10.6. The molecule has 0 saturated heterocycles. The van der Waals surface area contributed by atoms with Crippen molar-refractivity contribution < 1.29 is 0 Å². The molecule has 2 nitrogen and oxygen atoms in total. The third kappa shape index (κ3) is 5.28. The number of aromatic nitrogens is 2. The van der Waals surface area contributed by atoms with Crippen LogP contribution in [0, 0.1) is 0 Å². The van der Waals surface area contributed by atoms with E-state index in [1.54, 1.807) is 0 Å². The molecule has 0 radical (unpaired) electrons. The predicted octanol–water partition coefficient (Wildman–Crippen LogP) is 20.7. The van der Waals surface area contributed by atoms with Crippen molar-refractivity contribution in [3.63, 3.8) is 0 Å². The van der Waals surface area contributed by atoms with E-state index >= 15 is 0 Å². The molecule has 0 N–H and O–H groups in total. The maximum absolute atomic E-state index is 2.67. The quantitative estimate of drug-likeness (QED) is 0.171. The normalized spacial score (nSPS) is 14.8. The highest BCUT2D eigenvalue weighted by molar-refractivity contribution is 7.99. The van der Waals surface area contributed by atoms with Gasteiger partial charge >= 0.3 is 0 Å². The average Bonchev–Trinajstić information content (AvgIpc) is 4.46. The topological polar surface area (TPSA) is 9.86 Å². The van der Waals surface area contributed by atoms with Crippen molar-refractivity contribution in [2.75, 3.05) is 0 Å². The highest BCUT2D eigenvalue weighted by atomic mass is 32.2. The summed E-state index contributed by atoms with van der Waals surface area (Å²) in [5, 5.41) is 12.9. The minimum Gasteiger partial charge on any atom is -0.299 e. The number of thiophene rings is 4. The first-order chi connectivity index (χ1) is 38.7. The molecule has 3 aliphatic rings. The number of benzene rings is 10. The van der Waals surface area contributed by atoms with Gasteiger partial charge in [-0.3, -0.25) is 9.13 Å². The molecule has 0 amide bonds. The smallest absolute Gasteiger partial charge is 0.101 e. The molecule has 1 aliphatic carbocycles. The Labute approximate surface area is 472 Å². The Kier molecular flexibility index (Phi) is 8.64. The maximum Gasteiger partial charge on any atom is 0.101 e. The summed E-state index contributed by atoms with van der Waals surface area (Å²) >= 11 is 11.7. The lowest BCUT2D eigenvalue weighted by Crippen LogP contribution is -2.45. The SMILES string of the molecule is c1ccc2c(c1)Sc1ccccc1C21c2cc(-n3c4ccccc4c4ccc5c6ccccc6sc5c43)sc2C2(c3ccccc3Sc3ccccc32)c2cc(-n3c4ccccc4c4ccc5c6ccccc6sc5c43)sc21. The van der Waals surface area contributed by atoms with Crippen molar-refractivity contribution in [3.05, 3.63) is 274 Å². The van der Waals surface area contributed by atoms with Gasteiger partial charge in [-0.2, -0.15) is 0 Å². The van der Waals surface area contributed by atoms with Crippen molar-refractivity contribution >= 4 is 153 Å². The molecule has 0 fully saturated rings. The Hall–Kier alpha value is -7.66. The summed E-state index contributed by atoms with van der Waals surface area (Å²) in [6, 6.07) is 88.5. The van der Waals surface area contributed by atoms with E-state index in [1.165, 1.54) is 157 Å². The van der Waals surface area contributed by atoms with E-state index in [2.05, 4.69) is 240 Å². The van der Waals surface area contributed by atoms with Crippen molar-refractivity contribution in [3.8, 4) is 10.0 Å². The van der Waals surface area contributed by atoms with E-state index in [4.69, 9.17) is 0 Å². The van der Waals surface area contributed by atoms with E-state index in [-0.39, 0.29) is 0 Å². The number of hydrogen-bond donors (Lipinski definition) is 0. The zero-order valence-electron chi connectivity index (χ0n) is 41.3. The zero-order valence-corrected chi connectivity index (χ0v) is 46.2. The van der Waals surface area contributed by atoms with Crippen LogP contribution in [0.5, 0.6) is 0 Å². The molecule has 8 heterocycles. The monoisotopic (exact) mass is 1100 g/mol. The molecule has 6 aromatic heterocycles. The Balaban J connectivity index is 1.02. The molecule has 0 unspecified atom stereocenters. The summed E-state index contributed by atoms with van der Waals surface area (Å²) in [4.78, 5) is 7.99. The molecule has 16 aromatic rings. The predicted molar refractivity (Wildman–Crippen MR) is 335 cm³/mol. The van der Waals surface area contributed by atoms with Crippen LogP contribution in [-0.4, -0.2) is 9.13 Å². The summed E-state index contributed by atoms with van der Waals surface area (Å²) in [6.45, 7) is 0. The first-order valence-electron chi connectivity index (χ1n) is 26.4. The number of hydrogen-bond acceptors (Lipinski definition) is 6. The van der Waals surface area contributed by atoms with Gasteiger partial charge in [0, 0.05) is 81.8 Å². The fraction of sp³-hybridized carbons (Fsp3) is 0.0286. The fourth-order valence-electron chi connectivity index (χ4n) is 14.3. The maximum atomic E-state index is 2.67. The number of rotatable bonds is 2. The molecule has 0 saturated carbocycles. The first kappa shape index (κ1) is 43.3. The van der Waals surface area contributed by atoms with Gasteiger partial charge in [-0.05, 0) is 94.0 Å². The zero-order chi connectivity index (χ0) is 50.6. The van der Waals surface area contributed by atoms with Gasteiger partial charge in [-0.1, -0.05) is 193 Å². The lowest BCUT2D eigenvalue weighted by Gasteiger charge is -2.51. The van der Waals surface area contributed by atoms with E-state index in [0.717, 1.165) is 0 Å². The molecule has 2 aliphatic heterocycles. The van der Waals surface area contributed by atoms with E-state index in [0.29, 0.717) is 0 Å².